The van der Waals surface area contributed by atoms with Crippen molar-refractivity contribution in [3.63, 3.8) is 0 Å². The van der Waals surface area contributed by atoms with Crippen LogP contribution >= 0.6 is 0 Å². The Hall–Kier alpha value is -0.820. The molecule has 0 fully saturated rings. The van der Waals surface area contributed by atoms with Gasteiger partial charge in [0.05, 0.1) is 0 Å². The minimum atomic E-state index is 0.995. The van der Waals surface area contributed by atoms with Crippen molar-refractivity contribution in [1.82, 2.24) is 5.32 Å². The molecule has 1 rings (SSSR count). The van der Waals surface area contributed by atoms with Crippen LogP contribution in [0.4, 0.5) is 0 Å². The van der Waals surface area contributed by atoms with E-state index in [4.69, 9.17) is 0 Å². The van der Waals surface area contributed by atoms with Gasteiger partial charge in [0.1, 0.15) is 0 Å². The molecule has 0 radical (unpaired) electrons. The van der Waals surface area contributed by atoms with Crippen LogP contribution in [0.2, 0.25) is 0 Å². The molecule has 1 aromatic rings. The molecule has 0 heterocycles. The summed E-state index contributed by atoms with van der Waals surface area (Å²) in [6.45, 7) is 8.28. The van der Waals surface area contributed by atoms with Crippen LogP contribution in [0.3, 0.4) is 0 Å². The molecule has 0 amide bonds. The van der Waals surface area contributed by atoms with Gasteiger partial charge in [-0.15, -0.1) is 0 Å². The lowest BCUT2D eigenvalue weighted by Crippen LogP contribution is -2.13. The van der Waals surface area contributed by atoms with E-state index in [0.29, 0.717) is 0 Å². The number of hydrogen-bond acceptors (Lipinski definition) is 1. The first-order valence-corrected chi connectivity index (χ1v) is 5.18. The van der Waals surface area contributed by atoms with E-state index < -0.39 is 0 Å². The van der Waals surface area contributed by atoms with Crippen molar-refractivity contribution < 1.29 is 0 Å². The Labute approximate surface area is 82.2 Å². The third kappa shape index (κ3) is 6.35. The third-order valence-electron chi connectivity index (χ3n) is 1.60. The Morgan fingerprint density at radius 1 is 1.08 bits per heavy atom. The summed E-state index contributed by atoms with van der Waals surface area (Å²) in [6, 6.07) is 10.5. The monoisotopic (exact) mass is 179 g/mol. The maximum Gasteiger partial charge on any atom is 0.0205 e. The van der Waals surface area contributed by atoms with E-state index >= 15 is 0 Å². The molecule has 0 aromatic heterocycles. The van der Waals surface area contributed by atoms with Gasteiger partial charge in [0.2, 0.25) is 0 Å². The molecule has 0 atom stereocenters. The van der Waals surface area contributed by atoms with E-state index in [-0.39, 0.29) is 0 Å². The van der Waals surface area contributed by atoms with Crippen molar-refractivity contribution in [2.24, 2.45) is 0 Å². The molecule has 1 N–H and O–H groups in total. The number of nitrogens with one attached hydrogen (secondary N) is 1. The fraction of sp³-hybridized carbons (Fsp3) is 0.500. The van der Waals surface area contributed by atoms with Gasteiger partial charge in [-0.25, -0.2) is 0 Å². The van der Waals surface area contributed by atoms with Crippen LogP contribution in [0.25, 0.3) is 0 Å². The van der Waals surface area contributed by atoms with E-state index in [1.54, 1.807) is 0 Å². The molecule has 0 saturated carbocycles. The van der Waals surface area contributed by atoms with E-state index in [9.17, 15) is 0 Å². The van der Waals surface area contributed by atoms with Gasteiger partial charge in [-0.2, -0.15) is 0 Å². The predicted molar refractivity (Wildman–Crippen MR) is 59.8 cm³/mol. The molecule has 0 aliphatic rings. The summed E-state index contributed by atoms with van der Waals surface area (Å²) in [5, 5.41) is 3.35. The Kier molecular flexibility index (Phi) is 8.68. The van der Waals surface area contributed by atoms with Crippen LogP contribution in [0.1, 0.15) is 32.8 Å². The van der Waals surface area contributed by atoms with Crippen molar-refractivity contribution in [2.45, 2.75) is 33.7 Å². The first kappa shape index (κ1) is 12.2. The Balaban J connectivity index is 0.000000671. The largest absolute Gasteiger partial charge is 0.313 e. The summed E-state index contributed by atoms with van der Waals surface area (Å²) in [7, 11) is 0. The van der Waals surface area contributed by atoms with Crippen LogP contribution < -0.4 is 5.32 Å². The molecule has 0 bridgehead atoms. The SMILES string of the molecule is CC.CCCNCc1ccccc1. The summed E-state index contributed by atoms with van der Waals surface area (Å²) in [5.74, 6) is 0. The summed E-state index contributed by atoms with van der Waals surface area (Å²) in [4.78, 5) is 0. The summed E-state index contributed by atoms with van der Waals surface area (Å²) in [5.41, 5.74) is 1.36. The number of benzene rings is 1. The fourth-order valence-corrected chi connectivity index (χ4v) is 1.01. The van der Waals surface area contributed by atoms with Gasteiger partial charge in [-0.3, -0.25) is 0 Å². The lowest BCUT2D eigenvalue weighted by Gasteiger charge is -2.01. The Bertz CT molecular complexity index is 182. The Morgan fingerprint density at radius 3 is 2.23 bits per heavy atom. The van der Waals surface area contributed by atoms with Gasteiger partial charge in [-0.1, -0.05) is 51.1 Å². The molecule has 13 heavy (non-hydrogen) atoms. The second kappa shape index (κ2) is 9.27. The highest BCUT2D eigenvalue weighted by Gasteiger charge is 1.87. The molecule has 0 unspecified atom stereocenters. The molecule has 0 saturated heterocycles. The van der Waals surface area contributed by atoms with Gasteiger partial charge >= 0.3 is 0 Å². The van der Waals surface area contributed by atoms with E-state index in [1.165, 1.54) is 12.0 Å². The molecule has 1 heteroatoms. The smallest absolute Gasteiger partial charge is 0.0205 e. The number of rotatable bonds is 4. The first-order valence-electron chi connectivity index (χ1n) is 5.18. The molecular weight excluding hydrogens is 158 g/mol. The van der Waals surface area contributed by atoms with Crippen LogP contribution in [-0.2, 0) is 6.54 Å². The van der Waals surface area contributed by atoms with Crippen LogP contribution in [0, 0.1) is 0 Å². The molecule has 0 spiro atoms. The lowest BCUT2D eigenvalue weighted by atomic mass is 10.2. The molecular formula is C12H21N. The fourth-order valence-electron chi connectivity index (χ4n) is 1.01. The summed E-state index contributed by atoms with van der Waals surface area (Å²) >= 11 is 0. The van der Waals surface area contributed by atoms with Gasteiger partial charge < -0.3 is 5.32 Å². The van der Waals surface area contributed by atoms with Crippen molar-refractivity contribution in [2.75, 3.05) is 6.54 Å². The summed E-state index contributed by atoms with van der Waals surface area (Å²) in [6.07, 6.45) is 1.20. The zero-order valence-electron chi connectivity index (χ0n) is 9.01. The first-order chi connectivity index (χ1) is 6.43. The highest BCUT2D eigenvalue weighted by Crippen LogP contribution is 1.96. The van der Waals surface area contributed by atoms with Crippen LogP contribution in [0.5, 0.6) is 0 Å². The third-order valence-corrected chi connectivity index (χ3v) is 1.60. The minimum Gasteiger partial charge on any atom is -0.313 e. The topological polar surface area (TPSA) is 12.0 Å². The maximum absolute atomic E-state index is 3.35. The van der Waals surface area contributed by atoms with Crippen molar-refractivity contribution in [3.05, 3.63) is 35.9 Å². The second-order valence-electron chi connectivity index (χ2n) is 2.66. The van der Waals surface area contributed by atoms with Crippen LogP contribution in [-0.4, -0.2) is 6.54 Å². The minimum absolute atomic E-state index is 0.995. The molecule has 0 aliphatic carbocycles. The van der Waals surface area contributed by atoms with E-state index in [2.05, 4.69) is 36.5 Å². The maximum atomic E-state index is 3.35. The zero-order valence-corrected chi connectivity index (χ0v) is 9.01. The molecule has 74 valence electrons. The predicted octanol–water partition coefficient (Wildman–Crippen LogP) is 3.21. The zero-order chi connectivity index (χ0) is 9.94. The molecule has 0 aliphatic heterocycles. The van der Waals surface area contributed by atoms with Crippen molar-refractivity contribution in [3.8, 4) is 0 Å². The lowest BCUT2D eigenvalue weighted by molar-refractivity contribution is 0.675. The standard InChI is InChI=1S/C10H15N.C2H6/c1-2-8-11-9-10-6-4-3-5-7-10;1-2/h3-7,11H,2,8-9H2,1H3;1-2H3. The van der Waals surface area contributed by atoms with E-state index in [0.717, 1.165) is 13.1 Å². The van der Waals surface area contributed by atoms with Gasteiger partial charge in [-0.05, 0) is 18.5 Å². The normalized spacial score (nSPS) is 8.85. The molecule has 1 aromatic carbocycles. The van der Waals surface area contributed by atoms with Gasteiger partial charge in [0.25, 0.3) is 0 Å². The van der Waals surface area contributed by atoms with Crippen molar-refractivity contribution in [1.29, 1.82) is 0 Å². The summed E-state index contributed by atoms with van der Waals surface area (Å²) < 4.78 is 0. The van der Waals surface area contributed by atoms with E-state index in [1.807, 2.05) is 19.9 Å². The van der Waals surface area contributed by atoms with Gasteiger partial charge in [0.15, 0.2) is 0 Å². The average Bonchev–Trinajstić information content (AvgIpc) is 2.23. The highest BCUT2D eigenvalue weighted by atomic mass is 14.8. The molecule has 1 nitrogen and oxygen atoms in total. The second-order valence-corrected chi connectivity index (χ2v) is 2.66. The number of hydrogen-bond donors (Lipinski definition) is 1. The van der Waals surface area contributed by atoms with Crippen LogP contribution in [0.15, 0.2) is 30.3 Å². The Morgan fingerprint density at radius 2 is 1.69 bits per heavy atom. The average molecular weight is 179 g/mol. The highest BCUT2D eigenvalue weighted by molar-refractivity contribution is 5.14. The van der Waals surface area contributed by atoms with Crippen molar-refractivity contribution >= 4 is 0 Å². The van der Waals surface area contributed by atoms with Gasteiger partial charge in [0, 0.05) is 6.54 Å². The quantitative estimate of drug-likeness (QED) is 0.700.